The van der Waals surface area contributed by atoms with E-state index in [4.69, 9.17) is 0 Å². The zero-order valence-electron chi connectivity index (χ0n) is 12.0. The zero-order valence-corrected chi connectivity index (χ0v) is 12.8. The average Bonchev–Trinajstić information content (AvgIpc) is 2.70. The zero-order chi connectivity index (χ0) is 14.8. The first kappa shape index (κ1) is 15.0. The third-order valence-electron chi connectivity index (χ3n) is 4.04. The van der Waals surface area contributed by atoms with Gasteiger partial charge in [-0.3, -0.25) is 4.79 Å². The number of thiophene rings is 1. The van der Waals surface area contributed by atoms with Crippen LogP contribution in [0.5, 0.6) is 0 Å². The highest BCUT2D eigenvalue weighted by molar-refractivity contribution is 7.14. The number of carboxylic acids is 1. The van der Waals surface area contributed by atoms with E-state index in [2.05, 4.69) is 5.32 Å². The van der Waals surface area contributed by atoms with E-state index in [1.54, 1.807) is 13.8 Å². The number of amides is 1. The lowest BCUT2D eigenvalue weighted by Crippen LogP contribution is -2.51. The summed E-state index contributed by atoms with van der Waals surface area (Å²) in [5.74, 6) is -1.26. The summed E-state index contributed by atoms with van der Waals surface area (Å²) in [6.45, 7) is 3.31. The van der Waals surface area contributed by atoms with Gasteiger partial charge in [0, 0.05) is 4.88 Å². The first-order valence-electron chi connectivity index (χ1n) is 7.14. The van der Waals surface area contributed by atoms with Gasteiger partial charge in [-0.2, -0.15) is 0 Å². The molecule has 1 heterocycles. The number of aryl methyl sites for hydroxylation is 2. The minimum atomic E-state index is -1.20. The molecule has 0 saturated carbocycles. The number of carbonyl (C=O) groups is 2. The number of hydrogen-bond acceptors (Lipinski definition) is 3. The highest BCUT2D eigenvalue weighted by Gasteiger charge is 2.33. The van der Waals surface area contributed by atoms with Crippen molar-refractivity contribution in [3.05, 3.63) is 21.4 Å². The van der Waals surface area contributed by atoms with E-state index in [0.29, 0.717) is 11.3 Å². The molecule has 0 aliphatic heterocycles. The summed E-state index contributed by atoms with van der Waals surface area (Å²) in [6.07, 6.45) is 6.03. The molecule has 20 heavy (non-hydrogen) atoms. The summed E-state index contributed by atoms with van der Waals surface area (Å²) in [5, 5.41) is 11.9. The maximum absolute atomic E-state index is 12.3. The normalized spacial score (nSPS) is 17.7. The van der Waals surface area contributed by atoms with Gasteiger partial charge >= 0.3 is 5.97 Å². The number of carbonyl (C=O) groups excluding carboxylic acids is 1. The molecule has 0 aromatic carbocycles. The van der Waals surface area contributed by atoms with E-state index in [9.17, 15) is 14.7 Å². The SMILES string of the molecule is CCC(C)(NC(=O)c1cc2c(s1)CCCCC2)C(=O)O. The summed E-state index contributed by atoms with van der Waals surface area (Å²) in [5.41, 5.74) is 0.0736. The number of hydrogen-bond donors (Lipinski definition) is 2. The van der Waals surface area contributed by atoms with E-state index in [0.717, 1.165) is 12.8 Å². The lowest BCUT2D eigenvalue weighted by molar-refractivity contribution is -0.143. The van der Waals surface area contributed by atoms with Crippen molar-refractivity contribution >= 4 is 23.2 Å². The largest absolute Gasteiger partial charge is 0.480 e. The molecule has 5 heteroatoms. The van der Waals surface area contributed by atoms with Crippen LogP contribution in [-0.2, 0) is 17.6 Å². The predicted molar refractivity (Wildman–Crippen MR) is 79.4 cm³/mol. The number of fused-ring (bicyclic) bond motifs is 1. The molecule has 1 aromatic heterocycles. The molecule has 0 spiro atoms. The molecule has 1 aliphatic carbocycles. The van der Waals surface area contributed by atoms with Gasteiger partial charge in [0.1, 0.15) is 5.54 Å². The van der Waals surface area contributed by atoms with Crippen molar-refractivity contribution in [2.24, 2.45) is 0 Å². The molecule has 1 atom stereocenters. The van der Waals surface area contributed by atoms with E-state index in [-0.39, 0.29) is 5.91 Å². The van der Waals surface area contributed by atoms with Crippen molar-refractivity contribution in [1.82, 2.24) is 5.32 Å². The quantitative estimate of drug-likeness (QED) is 0.839. The lowest BCUT2D eigenvalue weighted by Gasteiger charge is -2.24. The van der Waals surface area contributed by atoms with Gasteiger partial charge in [-0.05, 0) is 50.7 Å². The maximum atomic E-state index is 12.3. The molecule has 1 aromatic rings. The van der Waals surface area contributed by atoms with E-state index in [1.807, 2.05) is 6.07 Å². The molecule has 0 radical (unpaired) electrons. The Morgan fingerprint density at radius 3 is 2.70 bits per heavy atom. The van der Waals surface area contributed by atoms with E-state index in [1.165, 1.54) is 41.0 Å². The van der Waals surface area contributed by atoms with Crippen LogP contribution in [0.1, 0.15) is 59.6 Å². The Bertz CT molecular complexity index is 500. The Morgan fingerprint density at radius 2 is 2.05 bits per heavy atom. The average molecular weight is 295 g/mol. The van der Waals surface area contributed by atoms with Crippen molar-refractivity contribution in [2.45, 2.75) is 57.9 Å². The molecule has 2 rings (SSSR count). The molecular weight excluding hydrogens is 274 g/mol. The summed E-state index contributed by atoms with van der Waals surface area (Å²) in [4.78, 5) is 25.4. The van der Waals surface area contributed by atoms with Gasteiger partial charge in [-0.25, -0.2) is 4.79 Å². The molecule has 0 fully saturated rings. The van der Waals surface area contributed by atoms with Crippen LogP contribution in [0, 0.1) is 0 Å². The Hall–Kier alpha value is -1.36. The number of nitrogens with one attached hydrogen (secondary N) is 1. The van der Waals surface area contributed by atoms with Gasteiger partial charge in [0.05, 0.1) is 4.88 Å². The summed E-state index contributed by atoms with van der Waals surface area (Å²) in [7, 11) is 0. The van der Waals surface area contributed by atoms with E-state index < -0.39 is 11.5 Å². The van der Waals surface area contributed by atoms with Crippen LogP contribution in [-0.4, -0.2) is 22.5 Å². The van der Waals surface area contributed by atoms with Crippen molar-refractivity contribution in [3.8, 4) is 0 Å². The van der Waals surface area contributed by atoms with Gasteiger partial charge in [0.25, 0.3) is 5.91 Å². The number of aliphatic carboxylic acids is 1. The van der Waals surface area contributed by atoms with Crippen molar-refractivity contribution in [3.63, 3.8) is 0 Å². The molecular formula is C15H21NO3S. The highest BCUT2D eigenvalue weighted by Crippen LogP contribution is 2.29. The molecule has 110 valence electrons. The molecule has 1 amide bonds. The second-order valence-electron chi connectivity index (χ2n) is 5.56. The Kier molecular flexibility index (Phi) is 4.48. The second-order valence-corrected chi connectivity index (χ2v) is 6.70. The first-order valence-corrected chi connectivity index (χ1v) is 7.95. The molecule has 1 aliphatic rings. The van der Waals surface area contributed by atoms with Gasteiger partial charge in [0.15, 0.2) is 0 Å². The Morgan fingerprint density at radius 1 is 1.35 bits per heavy atom. The van der Waals surface area contributed by atoms with Crippen LogP contribution < -0.4 is 5.32 Å². The Balaban J connectivity index is 2.16. The molecule has 4 nitrogen and oxygen atoms in total. The van der Waals surface area contributed by atoms with Crippen LogP contribution >= 0.6 is 11.3 Å². The third-order valence-corrected chi connectivity index (χ3v) is 5.27. The number of rotatable bonds is 4. The van der Waals surface area contributed by atoms with Crippen LogP contribution in [0.4, 0.5) is 0 Å². The fourth-order valence-electron chi connectivity index (χ4n) is 2.38. The molecule has 2 N–H and O–H groups in total. The maximum Gasteiger partial charge on any atom is 0.329 e. The van der Waals surface area contributed by atoms with Crippen molar-refractivity contribution in [1.29, 1.82) is 0 Å². The van der Waals surface area contributed by atoms with Crippen molar-refractivity contribution in [2.75, 3.05) is 0 Å². The van der Waals surface area contributed by atoms with Crippen LogP contribution in [0.3, 0.4) is 0 Å². The lowest BCUT2D eigenvalue weighted by atomic mass is 9.99. The summed E-state index contributed by atoms with van der Waals surface area (Å²) in [6, 6.07) is 1.94. The summed E-state index contributed by atoms with van der Waals surface area (Å²) >= 11 is 1.51. The highest BCUT2D eigenvalue weighted by atomic mass is 32.1. The molecule has 1 unspecified atom stereocenters. The monoisotopic (exact) mass is 295 g/mol. The Labute approximate surface area is 123 Å². The third kappa shape index (κ3) is 3.03. The molecule has 0 bridgehead atoms. The van der Waals surface area contributed by atoms with Crippen molar-refractivity contribution < 1.29 is 14.7 Å². The van der Waals surface area contributed by atoms with Crippen LogP contribution in [0.25, 0.3) is 0 Å². The molecule has 0 saturated heterocycles. The predicted octanol–water partition coefficient (Wildman–Crippen LogP) is 3.00. The smallest absolute Gasteiger partial charge is 0.329 e. The topological polar surface area (TPSA) is 66.4 Å². The van der Waals surface area contributed by atoms with Gasteiger partial charge in [-0.1, -0.05) is 13.3 Å². The van der Waals surface area contributed by atoms with Crippen LogP contribution in [0.2, 0.25) is 0 Å². The fraction of sp³-hybridized carbons (Fsp3) is 0.600. The minimum Gasteiger partial charge on any atom is -0.480 e. The van der Waals surface area contributed by atoms with E-state index >= 15 is 0 Å². The second kappa shape index (κ2) is 5.95. The van der Waals surface area contributed by atoms with Gasteiger partial charge < -0.3 is 10.4 Å². The van der Waals surface area contributed by atoms with Gasteiger partial charge in [0.2, 0.25) is 0 Å². The first-order chi connectivity index (χ1) is 9.46. The summed E-state index contributed by atoms with van der Waals surface area (Å²) < 4.78 is 0. The standard InChI is InChI=1S/C15H21NO3S/c1-3-15(2,14(18)19)16-13(17)12-9-10-7-5-4-6-8-11(10)20-12/h9H,3-8H2,1-2H3,(H,16,17)(H,18,19). The van der Waals surface area contributed by atoms with Gasteiger partial charge in [-0.15, -0.1) is 11.3 Å². The van der Waals surface area contributed by atoms with Crippen LogP contribution in [0.15, 0.2) is 6.07 Å². The minimum absolute atomic E-state index is 0.269. The fourth-order valence-corrected chi connectivity index (χ4v) is 3.53. The number of carboxylic acid groups (broad SMARTS) is 1.